The van der Waals surface area contributed by atoms with Gasteiger partial charge in [0.25, 0.3) is 0 Å². The zero-order chi connectivity index (χ0) is 38.5. The van der Waals surface area contributed by atoms with Crippen LogP contribution in [0, 0.1) is 52.3 Å². The lowest BCUT2D eigenvalue weighted by molar-refractivity contribution is -0.131. The van der Waals surface area contributed by atoms with E-state index in [1.54, 1.807) is 12.1 Å². The third kappa shape index (κ3) is 8.94. The molecule has 5 N–H and O–H groups in total. The number of nitrogen functional groups attached to an aromatic ring is 2. The maximum Gasteiger partial charge on any atom is 0.328 e. The largest absolute Gasteiger partial charge is 0.493 e. The lowest BCUT2D eigenvalue weighted by atomic mass is 9.44. The molecule has 2 aromatic carbocycles. The van der Waals surface area contributed by atoms with Crippen LogP contribution in [0.2, 0.25) is 0 Å². The van der Waals surface area contributed by atoms with Crippen molar-refractivity contribution in [2.24, 2.45) is 52.3 Å². The Balaban J connectivity index is 1.20. The molecule has 0 aromatic heterocycles. The van der Waals surface area contributed by atoms with Crippen LogP contribution in [0.25, 0.3) is 6.08 Å². The van der Waals surface area contributed by atoms with Crippen molar-refractivity contribution in [1.82, 2.24) is 0 Å². The number of anilines is 2. The number of hydrogen-bond donors (Lipinski definition) is 3. The number of carboxylic acids is 1. The highest BCUT2D eigenvalue weighted by Gasteiger charge is 2.62. The van der Waals surface area contributed by atoms with Crippen molar-refractivity contribution in [2.75, 3.05) is 24.7 Å². The summed E-state index contributed by atoms with van der Waals surface area (Å²) in [6.07, 6.45) is 23.5. The Hall–Kier alpha value is -3.15. The van der Waals surface area contributed by atoms with Gasteiger partial charge in [-0.2, -0.15) is 0 Å². The zero-order valence-electron chi connectivity index (χ0n) is 34.3. The van der Waals surface area contributed by atoms with Crippen LogP contribution < -0.4 is 20.9 Å². The topological polar surface area (TPSA) is 108 Å². The molecular formula is C48H72N2O4. The SMILES string of the molecule is CC(C)CCC[C@@H](C)[C@H]1C(c2cc(C=CC(=O)O)ccc2OCCCCCCOc2ccc(N)cc2N)C[C@H]2[C@@H]3CCC4CCCC[C@]4(C)[C@H]3CC[C@]12C. The normalized spacial score (nSPS) is 31.1. The van der Waals surface area contributed by atoms with Gasteiger partial charge in [0.1, 0.15) is 11.5 Å². The average molecular weight is 741 g/mol. The monoisotopic (exact) mass is 741 g/mol. The van der Waals surface area contributed by atoms with Crippen molar-refractivity contribution in [3.8, 4) is 11.5 Å². The third-order valence-electron chi connectivity index (χ3n) is 15.2. The van der Waals surface area contributed by atoms with Gasteiger partial charge in [-0.1, -0.05) is 72.8 Å². The van der Waals surface area contributed by atoms with E-state index in [1.165, 1.54) is 88.7 Å². The minimum atomic E-state index is -0.909. The maximum absolute atomic E-state index is 11.6. The summed E-state index contributed by atoms with van der Waals surface area (Å²) in [5.41, 5.74) is 16.2. The van der Waals surface area contributed by atoms with E-state index in [4.69, 9.17) is 20.9 Å². The molecule has 6 heteroatoms. The van der Waals surface area contributed by atoms with Gasteiger partial charge in [-0.05, 0) is 176 Å². The molecule has 0 amide bonds. The predicted octanol–water partition coefficient (Wildman–Crippen LogP) is 12.2. The predicted molar refractivity (Wildman–Crippen MR) is 224 cm³/mol. The summed E-state index contributed by atoms with van der Waals surface area (Å²) in [7, 11) is 0. The molecule has 0 spiro atoms. The highest BCUT2D eigenvalue weighted by Crippen LogP contribution is 2.71. The first-order valence-electron chi connectivity index (χ1n) is 21.9. The number of carbonyl (C=O) groups is 1. The Kier molecular flexibility index (Phi) is 13.3. The first-order valence-corrected chi connectivity index (χ1v) is 21.9. The number of carboxylic acid groups (broad SMARTS) is 1. The third-order valence-corrected chi connectivity index (χ3v) is 15.2. The number of fused-ring (bicyclic) bond motifs is 5. The molecule has 4 fully saturated rings. The summed E-state index contributed by atoms with van der Waals surface area (Å²) in [6.45, 7) is 14.0. The van der Waals surface area contributed by atoms with Crippen LogP contribution in [0.1, 0.15) is 154 Å². The first-order chi connectivity index (χ1) is 25.9. The Bertz CT molecular complexity index is 1590. The van der Waals surface area contributed by atoms with Gasteiger partial charge in [0.05, 0.1) is 18.9 Å². The fourth-order valence-corrected chi connectivity index (χ4v) is 12.7. The van der Waals surface area contributed by atoms with Crippen LogP contribution in [-0.4, -0.2) is 24.3 Å². The van der Waals surface area contributed by atoms with Crippen LogP contribution in [0.5, 0.6) is 11.5 Å². The molecule has 2 unspecified atom stereocenters. The van der Waals surface area contributed by atoms with E-state index in [9.17, 15) is 9.90 Å². The van der Waals surface area contributed by atoms with E-state index in [2.05, 4.69) is 46.8 Å². The smallest absolute Gasteiger partial charge is 0.328 e. The summed E-state index contributed by atoms with van der Waals surface area (Å²) >= 11 is 0. The molecule has 4 aliphatic rings. The van der Waals surface area contributed by atoms with Gasteiger partial charge >= 0.3 is 5.97 Å². The van der Waals surface area contributed by atoms with Crippen molar-refractivity contribution in [3.63, 3.8) is 0 Å². The number of unbranched alkanes of at least 4 members (excludes halogenated alkanes) is 3. The average Bonchev–Trinajstić information content (AvgIpc) is 3.45. The fourth-order valence-electron chi connectivity index (χ4n) is 12.7. The molecule has 0 radical (unpaired) electrons. The quantitative estimate of drug-likeness (QED) is 0.0846. The van der Waals surface area contributed by atoms with E-state index in [0.717, 1.165) is 66.6 Å². The molecule has 4 aliphatic carbocycles. The molecule has 0 heterocycles. The minimum Gasteiger partial charge on any atom is -0.493 e. The summed E-state index contributed by atoms with van der Waals surface area (Å²) < 4.78 is 12.7. The lowest BCUT2D eigenvalue weighted by Crippen LogP contribution is -2.53. The second-order valence-electron chi connectivity index (χ2n) is 19.0. The van der Waals surface area contributed by atoms with Crippen molar-refractivity contribution in [3.05, 3.63) is 53.6 Å². The number of ether oxygens (including phenoxy) is 2. The molecule has 4 saturated carbocycles. The number of benzene rings is 2. The zero-order valence-corrected chi connectivity index (χ0v) is 34.3. The first kappa shape index (κ1) is 40.5. The molecule has 9 atom stereocenters. The van der Waals surface area contributed by atoms with Crippen LogP contribution >= 0.6 is 0 Å². The van der Waals surface area contributed by atoms with Crippen LogP contribution in [0.4, 0.5) is 11.4 Å². The van der Waals surface area contributed by atoms with Gasteiger partial charge < -0.3 is 26.0 Å². The number of rotatable bonds is 17. The second-order valence-corrected chi connectivity index (χ2v) is 19.0. The van der Waals surface area contributed by atoms with E-state index in [0.29, 0.717) is 58.9 Å². The van der Waals surface area contributed by atoms with Gasteiger partial charge in [0.15, 0.2) is 0 Å². The van der Waals surface area contributed by atoms with Crippen LogP contribution in [-0.2, 0) is 4.79 Å². The van der Waals surface area contributed by atoms with Crippen molar-refractivity contribution in [2.45, 2.75) is 143 Å². The Morgan fingerprint density at radius 3 is 2.30 bits per heavy atom. The van der Waals surface area contributed by atoms with Crippen molar-refractivity contribution in [1.29, 1.82) is 0 Å². The highest BCUT2D eigenvalue weighted by molar-refractivity contribution is 5.85. The number of hydrogen-bond acceptors (Lipinski definition) is 5. The molecule has 6 nitrogen and oxygen atoms in total. The van der Waals surface area contributed by atoms with Gasteiger partial charge in [-0.15, -0.1) is 0 Å². The van der Waals surface area contributed by atoms with Gasteiger partial charge in [-0.25, -0.2) is 4.79 Å². The van der Waals surface area contributed by atoms with E-state index in [-0.39, 0.29) is 0 Å². The summed E-state index contributed by atoms with van der Waals surface area (Å²) in [4.78, 5) is 11.6. The minimum absolute atomic E-state index is 0.310. The molecule has 0 bridgehead atoms. The van der Waals surface area contributed by atoms with Gasteiger partial charge in [0.2, 0.25) is 0 Å². The fraction of sp³-hybridized carbons (Fsp3) is 0.688. The van der Waals surface area contributed by atoms with Crippen LogP contribution in [0.3, 0.4) is 0 Å². The van der Waals surface area contributed by atoms with E-state index < -0.39 is 5.97 Å². The molecule has 54 heavy (non-hydrogen) atoms. The number of nitrogens with two attached hydrogens (primary N) is 2. The molecule has 2 aromatic rings. The lowest BCUT2D eigenvalue weighted by Gasteiger charge is -2.61. The molecule has 298 valence electrons. The molecular weight excluding hydrogens is 669 g/mol. The standard InChI is InChI=1S/C48H72N2O4/c1-32(2)13-12-14-33(3)46-39(31-41-37-20-18-35-15-8-9-25-47(35,4)40(37)24-26-48(41,46)5)38-29-34(17-23-45(51)52)16-21-43(38)53-27-10-6-7-11-28-54-44-22-19-36(49)30-42(44)50/h16-17,19,21-23,29-30,32-33,35,37,39-41,46H,6-15,18,20,24-28,31,49-50H2,1-5H3,(H,51,52)/t33-,35?,37-,39?,40+,41+,46+,47+,48+/m1/s1. The summed E-state index contributed by atoms with van der Waals surface area (Å²) in [5, 5.41) is 9.51. The highest BCUT2D eigenvalue weighted by atomic mass is 16.5. The summed E-state index contributed by atoms with van der Waals surface area (Å²) in [5.74, 6) is 6.49. The van der Waals surface area contributed by atoms with Crippen molar-refractivity contribution >= 4 is 23.4 Å². The molecule has 0 aliphatic heterocycles. The number of aliphatic carboxylic acids is 1. The van der Waals surface area contributed by atoms with Gasteiger partial charge in [0, 0.05) is 11.8 Å². The van der Waals surface area contributed by atoms with E-state index >= 15 is 0 Å². The Morgan fingerprint density at radius 1 is 0.833 bits per heavy atom. The van der Waals surface area contributed by atoms with Gasteiger partial charge in [-0.3, -0.25) is 0 Å². The summed E-state index contributed by atoms with van der Waals surface area (Å²) in [6, 6.07) is 11.9. The molecule has 0 saturated heterocycles. The Morgan fingerprint density at radius 2 is 1.57 bits per heavy atom. The maximum atomic E-state index is 11.6. The Labute approximate surface area is 327 Å². The van der Waals surface area contributed by atoms with E-state index in [1.807, 2.05) is 18.2 Å². The molecule has 6 rings (SSSR count). The van der Waals surface area contributed by atoms with Crippen LogP contribution in [0.15, 0.2) is 42.5 Å². The second kappa shape index (κ2) is 17.8. The van der Waals surface area contributed by atoms with Crippen molar-refractivity contribution < 1.29 is 19.4 Å².